The van der Waals surface area contributed by atoms with Crippen LogP contribution in [-0.2, 0) is 13.0 Å². The van der Waals surface area contributed by atoms with Gasteiger partial charge in [-0.25, -0.2) is 15.0 Å². The highest BCUT2D eigenvalue weighted by Gasteiger charge is 2.14. The fourth-order valence-corrected chi connectivity index (χ4v) is 3.73. The molecule has 140 valence electrons. The van der Waals surface area contributed by atoms with Gasteiger partial charge in [-0.05, 0) is 42.1 Å². The maximum absolute atomic E-state index is 5.42. The topological polar surface area (TPSA) is 74.1 Å². The minimum Gasteiger partial charge on any atom is -0.454 e. The normalized spacial score (nSPS) is 12.4. The molecule has 7 nitrogen and oxygen atoms in total. The molecule has 2 aromatic carbocycles. The van der Waals surface area contributed by atoms with Crippen LogP contribution in [0.5, 0.6) is 11.5 Å². The summed E-state index contributed by atoms with van der Waals surface area (Å²) < 4.78 is 16.1. The van der Waals surface area contributed by atoms with Crippen molar-refractivity contribution in [3.8, 4) is 11.5 Å². The molecule has 4 aromatic rings. The molecule has 0 radical (unpaired) electrons. The summed E-state index contributed by atoms with van der Waals surface area (Å²) in [7, 11) is 0. The van der Waals surface area contributed by atoms with E-state index in [0.29, 0.717) is 5.82 Å². The Kier molecular flexibility index (Phi) is 4.46. The van der Waals surface area contributed by atoms with Gasteiger partial charge in [-0.15, -0.1) is 0 Å². The molecule has 0 aliphatic carbocycles. The molecule has 0 amide bonds. The van der Waals surface area contributed by atoms with Crippen LogP contribution >= 0.6 is 11.9 Å². The van der Waals surface area contributed by atoms with E-state index in [4.69, 9.17) is 9.47 Å². The Labute approximate surface area is 165 Å². The molecule has 2 aromatic heterocycles. The number of aromatic nitrogens is 4. The highest BCUT2D eigenvalue weighted by atomic mass is 32.2. The van der Waals surface area contributed by atoms with E-state index in [0.717, 1.165) is 40.5 Å². The maximum atomic E-state index is 5.42. The summed E-state index contributed by atoms with van der Waals surface area (Å²) in [6, 6.07) is 16.2. The second-order valence-corrected chi connectivity index (χ2v) is 7.17. The van der Waals surface area contributed by atoms with Crippen LogP contribution in [0.4, 0.5) is 5.82 Å². The van der Waals surface area contributed by atoms with Gasteiger partial charge in [0.25, 0.3) is 0 Å². The summed E-state index contributed by atoms with van der Waals surface area (Å²) in [5.41, 5.74) is 2.86. The first-order chi connectivity index (χ1) is 13.9. The SMILES string of the molecule is c1ccc(CCn2cnc3c(NSc4ccc5c(c4)OCO5)ncnc32)cc1. The van der Waals surface area contributed by atoms with E-state index < -0.39 is 0 Å². The summed E-state index contributed by atoms with van der Waals surface area (Å²) in [6.45, 7) is 1.08. The molecule has 8 heteroatoms. The lowest BCUT2D eigenvalue weighted by atomic mass is 10.1. The summed E-state index contributed by atoms with van der Waals surface area (Å²) in [5, 5.41) is 0. The van der Waals surface area contributed by atoms with Crippen LogP contribution < -0.4 is 14.2 Å². The zero-order chi connectivity index (χ0) is 18.8. The average molecular weight is 391 g/mol. The van der Waals surface area contributed by atoms with Gasteiger partial charge in [-0.2, -0.15) is 0 Å². The Balaban J connectivity index is 1.32. The Morgan fingerprint density at radius 3 is 2.82 bits per heavy atom. The van der Waals surface area contributed by atoms with E-state index in [9.17, 15) is 0 Å². The van der Waals surface area contributed by atoms with Gasteiger partial charge in [0.2, 0.25) is 6.79 Å². The number of fused-ring (bicyclic) bond motifs is 2. The van der Waals surface area contributed by atoms with Crippen molar-refractivity contribution >= 4 is 28.9 Å². The highest BCUT2D eigenvalue weighted by Crippen LogP contribution is 2.36. The van der Waals surface area contributed by atoms with Crippen LogP contribution in [0.25, 0.3) is 11.2 Å². The third kappa shape index (κ3) is 3.34. The summed E-state index contributed by atoms with van der Waals surface area (Å²) in [6.07, 6.45) is 4.30. The van der Waals surface area contributed by atoms with E-state index >= 15 is 0 Å². The van der Waals surface area contributed by atoms with Crippen molar-refractivity contribution in [3.63, 3.8) is 0 Å². The second-order valence-electron chi connectivity index (χ2n) is 6.29. The van der Waals surface area contributed by atoms with Gasteiger partial charge in [0.15, 0.2) is 28.5 Å². The van der Waals surface area contributed by atoms with Gasteiger partial charge in [-0.3, -0.25) is 0 Å². The monoisotopic (exact) mass is 391 g/mol. The van der Waals surface area contributed by atoms with Gasteiger partial charge >= 0.3 is 0 Å². The molecule has 28 heavy (non-hydrogen) atoms. The van der Waals surface area contributed by atoms with E-state index in [1.807, 2.05) is 30.6 Å². The number of anilines is 1. The minimum atomic E-state index is 0.268. The molecule has 1 N–H and O–H groups in total. The standard InChI is InChI=1S/C20H17N5O2S/c1-2-4-14(5-3-1)8-9-25-12-23-18-19(21-11-22-20(18)25)24-28-15-6-7-16-17(10-15)27-13-26-16/h1-7,10-12H,8-9,13H2,(H,21,22,24). The van der Waals surface area contributed by atoms with Gasteiger partial charge in [0, 0.05) is 11.4 Å². The molecule has 0 bridgehead atoms. The third-order valence-electron chi connectivity index (χ3n) is 4.50. The van der Waals surface area contributed by atoms with Gasteiger partial charge < -0.3 is 18.8 Å². The van der Waals surface area contributed by atoms with Crippen molar-refractivity contribution in [2.75, 3.05) is 11.5 Å². The number of imidazole rings is 1. The van der Waals surface area contributed by atoms with Crippen molar-refractivity contribution in [2.24, 2.45) is 0 Å². The zero-order valence-corrected chi connectivity index (χ0v) is 15.7. The van der Waals surface area contributed by atoms with Crippen LogP contribution in [0.1, 0.15) is 5.56 Å². The first-order valence-electron chi connectivity index (χ1n) is 8.89. The largest absolute Gasteiger partial charge is 0.454 e. The molecule has 1 aliphatic rings. The van der Waals surface area contributed by atoms with Crippen molar-refractivity contribution < 1.29 is 9.47 Å². The predicted molar refractivity (Wildman–Crippen MR) is 108 cm³/mol. The number of hydrogen-bond acceptors (Lipinski definition) is 7. The number of nitrogens with zero attached hydrogens (tertiary/aromatic N) is 4. The van der Waals surface area contributed by atoms with E-state index in [-0.39, 0.29) is 6.79 Å². The summed E-state index contributed by atoms with van der Waals surface area (Å²) >= 11 is 1.45. The number of nitrogens with one attached hydrogen (secondary N) is 1. The molecule has 0 fully saturated rings. The highest BCUT2D eigenvalue weighted by molar-refractivity contribution is 8.00. The van der Waals surface area contributed by atoms with Crippen molar-refractivity contribution in [1.29, 1.82) is 0 Å². The molecule has 0 saturated carbocycles. The molecule has 0 saturated heterocycles. The Morgan fingerprint density at radius 2 is 1.89 bits per heavy atom. The van der Waals surface area contributed by atoms with Crippen LogP contribution in [-0.4, -0.2) is 26.3 Å². The average Bonchev–Trinajstić information content (AvgIpc) is 3.38. The van der Waals surface area contributed by atoms with Crippen LogP contribution in [0, 0.1) is 0 Å². The quantitative estimate of drug-likeness (QED) is 0.499. The van der Waals surface area contributed by atoms with Crippen molar-refractivity contribution in [1.82, 2.24) is 19.5 Å². The van der Waals surface area contributed by atoms with E-state index in [2.05, 4.69) is 48.5 Å². The molecule has 0 unspecified atom stereocenters. The molecule has 5 rings (SSSR count). The molecule has 0 atom stereocenters. The molecule has 3 heterocycles. The summed E-state index contributed by atoms with van der Waals surface area (Å²) in [4.78, 5) is 14.3. The molecular weight excluding hydrogens is 374 g/mol. The molecule has 0 spiro atoms. The Hall–Kier alpha value is -3.26. The minimum absolute atomic E-state index is 0.268. The third-order valence-corrected chi connectivity index (χ3v) is 5.28. The number of hydrogen-bond donors (Lipinski definition) is 1. The Bertz CT molecular complexity index is 1120. The lowest BCUT2D eigenvalue weighted by molar-refractivity contribution is 0.174. The number of rotatable bonds is 6. The fraction of sp³-hybridized carbons (Fsp3) is 0.150. The van der Waals surface area contributed by atoms with E-state index in [1.165, 1.54) is 17.5 Å². The van der Waals surface area contributed by atoms with Crippen LogP contribution in [0.3, 0.4) is 0 Å². The number of benzene rings is 2. The lowest BCUT2D eigenvalue weighted by Gasteiger charge is -2.07. The first-order valence-corrected chi connectivity index (χ1v) is 9.71. The van der Waals surface area contributed by atoms with Gasteiger partial charge in [-0.1, -0.05) is 30.3 Å². The summed E-state index contributed by atoms with van der Waals surface area (Å²) in [5.74, 6) is 2.21. The number of ether oxygens (including phenoxy) is 2. The zero-order valence-electron chi connectivity index (χ0n) is 14.9. The van der Waals surface area contributed by atoms with Gasteiger partial charge in [0.1, 0.15) is 6.33 Å². The molecule has 1 aliphatic heterocycles. The lowest BCUT2D eigenvalue weighted by Crippen LogP contribution is -2.01. The number of aryl methyl sites for hydroxylation is 2. The van der Waals surface area contributed by atoms with Crippen LogP contribution in [0.15, 0.2) is 66.1 Å². The van der Waals surface area contributed by atoms with Gasteiger partial charge in [0.05, 0.1) is 6.33 Å². The Morgan fingerprint density at radius 1 is 1.00 bits per heavy atom. The predicted octanol–water partition coefficient (Wildman–Crippen LogP) is 3.92. The smallest absolute Gasteiger partial charge is 0.231 e. The van der Waals surface area contributed by atoms with Crippen molar-refractivity contribution in [2.45, 2.75) is 17.9 Å². The van der Waals surface area contributed by atoms with Crippen LogP contribution in [0.2, 0.25) is 0 Å². The maximum Gasteiger partial charge on any atom is 0.231 e. The second kappa shape index (κ2) is 7.40. The first kappa shape index (κ1) is 16.9. The fourth-order valence-electron chi connectivity index (χ4n) is 3.06. The van der Waals surface area contributed by atoms with E-state index in [1.54, 1.807) is 6.33 Å². The molecular formula is C20H17N5O2S. The van der Waals surface area contributed by atoms with Crippen molar-refractivity contribution in [3.05, 3.63) is 66.7 Å².